The zero-order valence-corrected chi connectivity index (χ0v) is 44.3. The van der Waals surface area contributed by atoms with E-state index < -0.39 is 67.4 Å². The van der Waals surface area contributed by atoms with Crippen LogP contribution in [0.1, 0.15) is 194 Å². The van der Waals surface area contributed by atoms with E-state index in [1.54, 1.807) is 12.2 Å². The van der Waals surface area contributed by atoms with Gasteiger partial charge in [0.2, 0.25) is 5.91 Å². The predicted octanol–water partition coefficient (Wildman–Crippen LogP) is 12.2. The van der Waals surface area contributed by atoms with E-state index in [1.807, 2.05) is 72.9 Å². The van der Waals surface area contributed by atoms with Gasteiger partial charge in [0.25, 0.3) is 0 Å². The molecule has 11 nitrogen and oxygen atoms in total. The van der Waals surface area contributed by atoms with Crippen LogP contribution in [0, 0.1) is 0 Å². The summed E-state index contributed by atoms with van der Waals surface area (Å²) in [5.41, 5.74) is 0. The summed E-state index contributed by atoms with van der Waals surface area (Å²) in [6.07, 6.45) is 52.9. The molecule has 1 heterocycles. The van der Waals surface area contributed by atoms with E-state index in [0.29, 0.717) is 12.8 Å². The van der Waals surface area contributed by atoms with Crippen LogP contribution in [0.5, 0.6) is 0 Å². The zero-order valence-electron chi connectivity index (χ0n) is 44.3. The summed E-state index contributed by atoms with van der Waals surface area (Å²) in [5.74, 6) is -1.32. The van der Waals surface area contributed by atoms with Crippen LogP contribution in [-0.4, -0.2) is 99.6 Å². The summed E-state index contributed by atoms with van der Waals surface area (Å²) >= 11 is 0. The molecule has 11 heteroatoms. The molecule has 71 heavy (non-hydrogen) atoms. The molecule has 0 aromatic rings. The first-order chi connectivity index (χ1) is 34.7. The first-order valence-electron chi connectivity index (χ1n) is 27.7. The van der Waals surface area contributed by atoms with Gasteiger partial charge in [0.1, 0.15) is 24.4 Å². The van der Waals surface area contributed by atoms with E-state index in [2.05, 4.69) is 50.4 Å². The maximum atomic E-state index is 13.3. The predicted molar refractivity (Wildman–Crippen MR) is 291 cm³/mol. The lowest BCUT2D eigenvalue weighted by Crippen LogP contribution is -2.61. The van der Waals surface area contributed by atoms with Crippen LogP contribution in [0.4, 0.5) is 0 Å². The highest BCUT2D eigenvalue weighted by molar-refractivity contribution is 5.81. The molecule has 8 unspecified atom stereocenters. The number of hydrogen-bond acceptors (Lipinski definition) is 10. The number of carbonyl (C=O) groups is 2. The van der Waals surface area contributed by atoms with Crippen molar-refractivity contribution in [1.29, 1.82) is 0 Å². The Morgan fingerprint density at radius 2 is 1.07 bits per heavy atom. The Morgan fingerprint density at radius 1 is 0.577 bits per heavy atom. The van der Waals surface area contributed by atoms with Crippen LogP contribution < -0.4 is 5.32 Å². The molecule has 0 aromatic carbocycles. The number of amides is 1. The quantitative estimate of drug-likeness (QED) is 0.0149. The van der Waals surface area contributed by atoms with E-state index in [9.17, 15) is 35.1 Å². The molecule has 0 aromatic heterocycles. The molecule has 1 aliphatic rings. The molecule has 1 rings (SSSR count). The molecule has 0 aliphatic carbocycles. The highest BCUT2D eigenvalue weighted by Gasteiger charge is 2.47. The number of esters is 1. The van der Waals surface area contributed by atoms with Crippen molar-refractivity contribution in [2.75, 3.05) is 13.2 Å². The van der Waals surface area contributed by atoms with Gasteiger partial charge in [-0.15, -0.1) is 0 Å². The standard InChI is InChI=1S/C60H99NO10/c1-4-7-10-13-16-19-22-25-26-27-28-30-33-36-39-42-45-48-55(65)71-58-57(67)56(66)54(49-62)70-60(58)69-50-51(52(63)46-43-40-37-34-32-29-23-20-17-14-11-8-5-2)61-59(68)53(64)47-44-41-38-35-31-24-21-18-15-12-9-6-3/h7,10,13,16,19,22,25-28,30-31,33,35,41,43-44,46,51-54,56-58,60,62-64,66-67H,4-6,8-9,11-12,14-15,17-18,20-21,23-24,29,32,34,36-40,42,45,47-50H2,1-3H3,(H,61,68)/b10-7-,16-13+,22-19+,26-25-,28-27+,33-30+,35-31-,44-41+,46-43+. The summed E-state index contributed by atoms with van der Waals surface area (Å²) < 4.78 is 17.5. The Hall–Kier alpha value is -3.68. The topological polar surface area (TPSA) is 175 Å². The fourth-order valence-corrected chi connectivity index (χ4v) is 7.90. The fourth-order valence-electron chi connectivity index (χ4n) is 7.90. The summed E-state index contributed by atoms with van der Waals surface area (Å²) in [7, 11) is 0. The van der Waals surface area contributed by atoms with Crippen molar-refractivity contribution in [2.24, 2.45) is 0 Å². The minimum absolute atomic E-state index is 0.0601. The molecule has 0 radical (unpaired) electrons. The van der Waals surface area contributed by atoms with Gasteiger partial charge in [-0.05, 0) is 57.8 Å². The second-order valence-corrected chi connectivity index (χ2v) is 18.7. The van der Waals surface area contributed by atoms with Gasteiger partial charge in [0, 0.05) is 12.8 Å². The van der Waals surface area contributed by atoms with Gasteiger partial charge >= 0.3 is 5.97 Å². The number of aliphatic hydroxyl groups is 5. The molecular formula is C60H99NO10. The Bertz CT molecular complexity index is 1560. The summed E-state index contributed by atoms with van der Waals surface area (Å²) in [5, 5.41) is 56.6. The monoisotopic (exact) mass is 994 g/mol. The molecule has 0 bridgehead atoms. The van der Waals surface area contributed by atoms with Crippen LogP contribution in [-0.2, 0) is 23.8 Å². The molecule has 1 saturated heterocycles. The molecule has 1 aliphatic heterocycles. The van der Waals surface area contributed by atoms with Crippen LogP contribution in [0.3, 0.4) is 0 Å². The summed E-state index contributed by atoms with van der Waals surface area (Å²) in [6, 6.07) is -1.07. The van der Waals surface area contributed by atoms with Crippen molar-refractivity contribution in [3.63, 3.8) is 0 Å². The van der Waals surface area contributed by atoms with Gasteiger partial charge in [-0.3, -0.25) is 9.59 Å². The van der Waals surface area contributed by atoms with E-state index in [4.69, 9.17) is 14.2 Å². The minimum Gasteiger partial charge on any atom is -0.454 e. The van der Waals surface area contributed by atoms with Gasteiger partial charge in [-0.1, -0.05) is 233 Å². The number of aliphatic hydroxyl groups excluding tert-OH is 5. The molecular weight excluding hydrogens is 895 g/mol. The highest BCUT2D eigenvalue weighted by atomic mass is 16.7. The normalized spacial score (nSPS) is 20.5. The minimum atomic E-state index is -1.65. The second-order valence-electron chi connectivity index (χ2n) is 18.7. The van der Waals surface area contributed by atoms with Gasteiger partial charge in [0.05, 0.1) is 25.4 Å². The lowest BCUT2D eigenvalue weighted by Gasteiger charge is -2.41. The Kier molecular flexibility index (Phi) is 43.6. The third-order valence-corrected chi connectivity index (χ3v) is 12.3. The lowest BCUT2D eigenvalue weighted by molar-refractivity contribution is -0.305. The molecule has 8 atom stereocenters. The highest BCUT2D eigenvalue weighted by Crippen LogP contribution is 2.26. The van der Waals surface area contributed by atoms with Crippen LogP contribution >= 0.6 is 0 Å². The van der Waals surface area contributed by atoms with E-state index >= 15 is 0 Å². The number of hydrogen-bond donors (Lipinski definition) is 6. The average Bonchev–Trinajstić information content (AvgIpc) is 3.37. The van der Waals surface area contributed by atoms with Crippen molar-refractivity contribution in [2.45, 2.75) is 243 Å². The van der Waals surface area contributed by atoms with Gasteiger partial charge in [-0.25, -0.2) is 0 Å². The average molecular weight is 994 g/mol. The van der Waals surface area contributed by atoms with E-state index in [-0.39, 0.29) is 19.4 Å². The molecule has 404 valence electrons. The van der Waals surface area contributed by atoms with Gasteiger partial charge < -0.3 is 45.1 Å². The van der Waals surface area contributed by atoms with Crippen molar-refractivity contribution in [1.82, 2.24) is 5.32 Å². The van der Waals surface area contributed by atoms with Crippen molar-refractivity contribution >= 4 is 11.9 Å². The van der Waals surface area contributed by atoms with E-state index in [1.165, 1.54) is 89.9 Å². The Labute approximate surface area is 430 Å². The molecule has 0 spiro atoms. The van der Waals surface area contributed by atoms with Crippen LogP contribution in [0.25, 0.3) is 0 Å². The Morgan fingerprint density at radius 3 is 1.63 bits per heavy atom. The largest absolute Gasteiger partial charge is 0.454 e. The number of carbonyl (C=O) groups excluding carboxylic acids is 2. The number of nitrogens with one attached hydrogen (secondary N) is 1. The van der Waals surface area contributed by atoms with Gasteiger partial charge in [-0.2, -0.15) is 0 Å². The van der Waals surface area contributed by atoms with Crippen molar-refractivity contribution < 1.29 is 49.3 Å². The SMILES string of the molecule is CC\C=C/C=C/C=C/C=C\C=C\C=C\CCCCCC(=O)OC1C(OCC(NC(=O)C(O)C/C=C/C/C=C\CCCCCCCC)C(O)/C=C/CCCCCCCCCCCCC)OC(CO)C(O)C1O. The first-order valence-corrected chi connectivity index (χ1v) is 27.7. The molecule has 1 fully saturated rings. The lowest BCUT2D eigenvalue weighted by atomic mass is 9.99. The molecule has 6 N–H and O–H groups in total. The van der Waals surface area contributed by atoms with Crippen molar-refractivity contribution in [3.05, 3.63) is 109 Å². The summed E-state index contributed by atoms with van der Waals surface area (Å²) in [4.78, 5) is 26.4. The second kappa shape index (κ2) is 47.3. The maximum absolute atomic E-state index is 13.3. The fraction of sp³-hybridized carbons (Fsp3) is 0.667. The smallest absolute Gasteiger partial charge is 0.306 e. The Balaban J connectivity index is 2.83. The zero-order chi connectivity index (χ0) is 51.8. The van der Waals surface area contributed by atoms with Crippen molar-refractivity contribution in [3.8, 4) is 0 Å². The number of rotatable bonds is 44. The molecule has 0 saturated carbocycles. The first kappa shape index (κ1) is 65.3. The van der Waals surface area contributed by atoms with E-state index in [0.717, 1.165) is 57.8 Å². The summed E-state index contributed by atoms with van der Waals surface area (Å²) in [6.45, 7) is 5.54. The van der Waals surface area contributed by atoms with Crippen LogP contribution in [0.2, 0.25) is 0 Å². The molecule has 1 amide bonds. The number of allylic oxidation sites excluding steroid dienone is 16. The maximum Gasteiger partial charge on any atom is 0.306 e. The third-order valence-electron chi connectivity index (χ3n) is 12.3. The number of ether oxygens (including phenoxy) is 3. The van der Waals surface area contributed by atoms with Crippen LogP contribution in [0.15, 0.2) is 109 Å². The number of unbranched alkanes of at least 4 members (excludes halogenated alkanes) is 20. The van der Waals surface area contributed by atoms with Gasteiger partial charge in [0.15, 0.2) is 12.4 Å². The third kappa shape index (κ3) is 36.0.